The minimum absolute atomic E-state index is 0.0837. The largest absolute Gasteiger partial charge is 0.433 e. The summed E-state index contributed by atoms with van der Waals surface area (Å²) in [6.45, 7) is -3.04. The number of para-hydroxylation sites is 2. The van der Waals surface area contributed by atoms with Gasteiger partial charge in [0.1, 0.15) is 17.4 Å². The van der Waals surface area contributed by atoms with E-state index >= 15 is 0 Å². The van der Waals surface area contributed by atoms with Crippen molar-refractivity contribution in [3.8, 4) is 22.8 Å². The van der Waals surface area contributed by atoms with E-state index in [1.54, 1.807) is 12.1 Å². The van der Waals surface area contributed by atoms with Crippen LogP contribution >= 0.6 is 11.8 Å². The van der Waals surface area contributed by atoms with Crippen LogP contribution in [0.3, 0.4) is 0 Å². The standard InChI is InChI=1S/C23H16F4N4O2S/c24-14-9-11-15(12-10-14)31-21(16-5-1-2-6-17(16)25)29-30-23(31)34-13-20(32)28-18-7-3-4-8-19(18)33-22(26)27/h1-12,22H,13H2,(H,28,32). The number of halogens is 4. The minimum Gasteiger partial charge on any atom is -0.433 e. The number of rotatable bonds is 8. The number of carbonyl (C=O) groups is 1. The van der Waals surface area contributed by atoms with Crippen molar-refractivity contribution >= 4 is 23.4 Å². The van der Waals surface area contributed by atoms with E-state index in [-0.39, 0.29) is 33.7 Å². The lowest BCUT2D eigenvalue weighted by molar-refractivity contribution is -0.113. The number of carbonyl (C=O) groups excluding carboxylic acids is 1. The van der Waals surface area contributed by atoms with Crippen molar-refractivity contribution in [3.63, 3.8) is 0 Å². The fraction of sp³-hybridized carbons (Fsp3) is 0.0870. The van der Waals surface area contributed by atoms with E-state index in [1.807, 2.05) is 0 Å². The molecule has 0 aliphatic heterocycles. The highest BCUT2D eigenvalue weighted by atomic mass is 32.2. The summed E-state index contributed by atoms with van der Waals surface area (Å²) in [7, 11) is 0. The first-order chi connectivity index (χ1) is 16.4. The third-order valence-corrected chi connectivity index (χ3v) is 5.47. The van der Waals surface area contributed by atoms with Gasteiger partial charge in [0.25, 0.3) is 0 Å². The van der Waals surface area contributed by atoms with Gasteiger partial charge in [0, 0.05) is 5.69 Å². The second kappa shape index (κ2) is 10.4. The van der Waals surface area contributed by atoms with E-state index in [9.17, 15) is 22.4 Å². The van der Waals surface area contributed by atoms with Crippen LogP contribution in [0.25, 0.3) is 17.1 Å². The second-order valence-corrected chi connectivity index (χ2v) is 7.75. The maximum Gasteiger partial charge on any atom is 0.387 e. The molecule has 4 rings (SSSR count). The molecule has 174 valence electrons. The van der Waals surface area contributed by atoms with Crippen molar-refractivity contribution < 1.29 is 27.1 Å². The Balaban J connectivity index is 1.59. The normalized spacial score (nSPS) is 11.0. The van der Waals surface area contributed by atoms with Crippen LogP contribution in [0.2, 0.25) is 0 Å². The van der Waals surface area contributed by atoms with E-state index in [0.29, 0.717) is 5.69 Å². The predicted molar refractivity (Wildman–Crippen MR) is 119 cm³/mol. The molecule has 11 heteroatoms. The van der Waals surface area contributed by atoms with Crippen molar-refractivity contribution in [2.24, 2.45) is 0 Å². The highest BCUT2D eigenvalue weighted by molar-refractivity contribution is 7.99. The topological polar surface area (TPSA) is 69.0 Å². The van der Waals surface area contributed by atoms with Crippen LogP contribution in [0.1, 0.15) is 0 Å². The van der Waals surface area contributed by atoms with Crippen molar-refractivity contribution in [2.45, 2.75) is 11.8 Å². The van der Waals surface area contributed by atoms with Gasteiger partial charge < -0.3 is 10.1 Å². The number of alkyl halides is 2. The van der Waals surface area contributed by atoms with Gasteiger partial charge in [-0.2, -0.15) is 8.78 Å². The molecule has 0 aliphatic carbocycles. The first-order valence-electron chi connectivity index (χ1n) is 9.85. The molecule has 0 spiro atoms. The quantitative estimate of drug-likeness (QED) is 0.260. The number of aromatic nitrogens is 3. The SMILES string of the molecule is O=C(CSc1nnc(-c2ccccc2F)n1-c1ccc(F)cc1)Nc1ccccc1OC(F)F. The molecule has 0 atom stereocenters. The van der Waals surface area contributed by atoms with Crippen LogP contribution in [0.5, 0.6) is 5.75 Å². The third kappa shape index (κ3) is 5.37. The van der Waals surface area contributed by atoms with Crippen LogP contribution in [0.15, 0.2) is 78.0 Å². The zero-order valence-electron chi connectivity index (χ0n) is 17.3. The molecule has 1 heterocycles. The van der Waals surface area contributed by atoms with E-state index in [2.05, 4.69) is 20.3 Å². The van der Waals surface area contributed by atoms with Gasteiger partial charge >= 0.3 is 6.61 Å². The number of hydrogen-bond donors (Lipinski definition) is 1. The first-order valence-corrected chi connectivity index (χ1v) is 10.8. The lowest BCUT2D eigenvalue weighted by atomic mass is 10.2. The maximum absolute atomic E-state index is 14.5. The number of amides is 1. The number of ether oxygens (including phenoxy) is 1. The summed E-state index contributed by atoms with van der Waals surface area (Å²) in [4.78, 5) is 12.5. The first kappa shape index (κ1) is 23.3. The van der Waals surface area contributed by atoms with Gasteiger partial charge in [0.05, 0.1) is 17.0 Å². The molecule has 0 bridgehead atoms. The third-order valence-electron chi connectivity index (χ3n) is 4.54. The summed E-state index contributed by atoms with van der Waals surface area (Å²) in [5, 5.41) is 10.9. The molecule has 34 heavy (non-hydrogen) atoms. The number of nitrogens with one attached hydrogen (secondary N) is 1. The monoisotopic (exact) mass is 488 g/mol. The van der Waals surface area contributed by atoms with Crippen molar-refractivity contribution in [3.05, 3.63) is 84.4 Å². The molecule has 6 nitrogen and oxygen atoms in total. The molecular formula is C23H16F4N4O2S. The summed E-state index contributed by atoms with van der Waals surface area (Å²) in [5.74, 6) is -1.67. The molecule has 0 unspecified atom stereocenters. The lowest BCUT2D eigenvalue weighted by Gasteiger charge is -2.12. The molecular weight excluding hydrogens is 472 g/mol. The number of nitrogens with zero attached hydrogens (tertiary/aromatic N) is 3. The Bertz CT molecular complexity index is 1300. The van der Waals surface area contributed by atoms with Gasteiger partial charge in [-0.1, -0.05) is 36.0 Å². The Labute approximate surface area is 195 Å². The molecule has 0 saturated carbocycles. The van der Waals surface area contributed by atoms with Crippen molar-refractivity contribution in [1.82, 2.24) is 14.8 Å². The van der Waals surface area contributed by atoms with Crippen molar-refractivity contribution in [2.75, 3.05) is 11.1 Å². The zero-order chi connectivity index (χ0) is 24.1. The maximum atomic E-state index is 14.5. The summed E-state index contributed by atoms with van der Waals surface area (Å²) < 4.78 is 59.0. The molecule has 3 aromatic carbocycles. The highest BCUT2D eigenvalue weighted by Gasteiger charge is 2.20. The van der Waals surface area contributed by atoms with Crippen LogP contribution in [-0.2, 0) is 4.79 Å². The Morgan fingerprint density at radius 2 is 1.68 bits per heavy atom. The molecule has 0 radical (unpaired) electrons. The van der Waals surface area contributed by atoms with Crippen molar-refractivity contribution in [1.29, 1.82) is 0 Å². The summed E-state index contributed by atoms with van der Waals surface area (Å²) >= 11 is 0.987. The van der Waals surface area contributed by atoms with Crippen LogP contribution in [-0.4, -0.2) is 33.0 Å². The summed E-state index contributed by atoms with van der Waals surface area (Å²) in [5.41, 5.74) is 0.720. The lowest BCUT2D eigenvalue weighted by Crippen LogP contribution is -2.16. The number of thioether (sulfide) groups is 1. The Kier molecular flexibility index (Phi) is 7.12. The molecule has 0 aliphatic rings. The van der Waals surface area contributed by atoms with E-state index in [1.165, 1.54) is 65.2 Å². The molecule has 1 amide bonds. The van der Waals surface area contributed by atoms with Crippen LogP contribution in [0.4, 0.5) is 23.2 Å². The van der Waals surface area contributed by atoms with Gasteiger partial charge in [-0.05, 0) is 48.5 Å². The van der Waals surface area contributed by atoms with Gasteiger partial charge in [0.15, 0.2) is 11.0 Å². The molecule has 1 N–H and O–H groups in total. The fourth-order valence-electron chi connectivity index (χ4n) is 3.09. The second-order valence-electron chi connectivity index (χ2n) is 6.81. The minimum atomic E-state index is -3.04. The van der Waals surface area contributed by atoms with Gasteiger partial charge in [-0.25, -0.2) is 8.78 Å². The van der Waals surface area contributed by atoms with Gasteiger partial charge in [0.2, 0.25) is 5.91 Å². The average molecular weight is 488 g/mol. The fourth-order valence-corrected chi connectivity index (χ4v) is 3.84. The highest BCUT2D eigenvalue weighted by Crippen LogP contribution is 2.30. The summed E-state index contributed by atoms with van der Waals surface area (Å²) in [6.07, 6.45) is 0. The van der Waals surface area contributed by atoms with E-state index in [0.717, 1.165) is 11.8 Å². The van der Waals surface area contributed by atoms with Crippen LogP contribution < -0.4 is 10.1 Å². The molecule has 0 fully saturated rings. The summed E-state index contributed by atoms with van der Waals surface area (Å²) in [6, 6.07) is 17.2. The van der Waals surface area contributed by atoms with E-state index in [4.69, 9.17) is 0 Å². The Hall–Kier alpha value is -3.86. The Morgan fingerprint density at radius 1 is 0.971 bits per heavy atom. The van der Waals surface area contributed by atoms with E-state index < -0.39 is 24.2 Å². The van der Waals surface area contributed by atoms with Gasteiger partial charge in [-0.3, -0.25) is 9.36 Å². The molecule has 0 saturated heterocycles. The number of anilines is 1. The smallest absolute Gasteiger partial charge is 0.387 e. The number of benzene rings is 3. The Morgan fingerprint density at radius 3 is 2.41 bits per heavy atom. The number of hydrogen-bond acceptors (Lipinski definition) is 5. The van der Waals surface area contributed by atoms with Crippen LogP contribution in [0, 0.1) is 11.6 Å². The van der Waals surface area contributed by atoms with Gasteiger partial charge in [-0.15, -0.1) is 10.2 Å². The molecule has 1 aromatic heterocycles. The predicted octanol–water partition coefficient (Wildman–Crippen LogP) is 5.54. The zero-order valence-corrected chi connectivity index (χ0v) is 18.1. The molecule has 4 aromatic rings. The average Bonchev–Trinajstić information content (AvgIpc) is 3.23.